The molecule has 3 heterocycles. The van der Waals surface area contributed by atoms with Gasteiger partial charge in [-0.2, -0.15) is 23.3 Å². The molecule has 1 saturated carbocycles. The van der Waals surface area contributed by atoms with Crippen molar-refractivity contribution in [2.45, 2.75) is 31.5 Å². The van der Waals surface area contributed by atoms with Crippen LogP contribution in [0.3, 0.4) is 0 Å². The summed E-state index contributed by atoms with van der Waals surface area (Å²) in [7, 11) is 3.05. The van der Waals surface area contributed by atoms with Crippen molar-refractivity contribution in [3.05, 3.63) is 47.9 Å². The Morgan fingerprint density at radius 1 is 1.22 bits per heavy atom. The maximum Gasteiger partial charge on any atom is 0.420 e. The molecule has 0 spiro atoms. The molecule has 32 heavy (non-hydrogen) atoms. The Morgan fingerprint density at radius 2 is 2.00 bits per heavy atom. The Kier molecular flexibility index (Phi) is 5.76. The first kappa shape index (κ1) is 22.0. The van der Waals surface area contributed by atoms with Gasteiger partial charge in [-0.15, -0.1) is 0 Å². The average molecular weight is 449 g/mol. The minimum atomic E-state index is -4.86. The molecule has 11 heteroatoms. The van der Waals surface area contributed by atoms with E-state index < -0.39 is 18.0 Å². The third kappa shape index (κ3) is 4.52. The largest absolute Gasteiger partial charge is 0.495 e. The molecule has 0 saturated heterocycles. The third-order valence-electron chi connectivity index (χ3n) is 5.32. The highest BCUT2D eigenvalue weighted by molar-refractivity contribution is 5.70. The highest BCUT2D eigenvalue weighted by Crippen LogP contribution is 2.47. The number of methoxy groups -OCH3 is 1. The normalized spacial score (nSPS) is 19.0. The molecule has 3 atom stereocenters. The van der Waals surface area contributed by atoms with Crippen molar-refractivity contribution in [3.8, 4) is 22.8 Å². The van der Waals surface area contributed by atoms with Gasteiger partial charge in [0.05, 0.1) is 25.5 Å². The number of aryl methyl sites for hydroxylation is 2. The van der Waals surface area contributed by atoms with Crippen LogP contribution in [0, 0.1) is 12.8 Å². The van der Waals surface area contributed by atoms with Gasteiger partial charge in [0.1, 0.15) is 17.3 Å². The molecular weight excluding hydrogens is 427 g/mol. The van der Waals surface area contributed by atoms with Crippen molar-refractivity contribution >= 4 is 0 Å². The van der Waals surface area contributed by atoms with E-state index in [1.807, 2.05) is 12.1 Å². The molecule has 3 aromatic heterocycles. The summed E-state index contributed by atoms with van der Waals surface area (Å²) >= 11 is 0. The highest BCUT2D eigenvalue weighted by atomic mass is 19.4. The van der Waals surface area contributed by atoms with E-state index in [1.54, 1.807) is 20.2 Å². The standard InChI is InChI=1S/C21H22F3N5O3/c1-11-25-8-15(16-9-29(2)28-18(16)19(30)21(22,23)24)20(27-11)32-10-12-6-14(12)17-5-4-13(31-3)7-26-17/h4-5,7-9,12,14,19,30H,6,10H2,1-3H3. The summed E-state index contributed by atoms with van der Waals surface area (Å²) in [5, 5.41) is 13.6. The Balaban J connectivity index is 1.54. The number of aromatic nitrogens is 5. The molecule has 1 aliphatic rings. The van der Waals surface area contributed by atoms with E-state index >= 15 is 0 Å². The highest BCUT2D eigenvalue weighted by Gasteiger charge is 2.43. The minimum absolute atomic E-state index is 0.0662. The van der Waals surface area contributed by atoms with Gasteiger partial charge in [-0.05, 0) is 25.5 Å². The number of halogens is 3. The Labute approximate surface area is 182 Å². The van der Waals surface area contributed by atoms with Gasteiger partial charge in [-0.25, -0.2) is 4.98 Å². The van der Waals surface area contributed by atoms with Gasteiger partial charge in [0.25, 0.3) is 0 Å². The summed E-state index contributed by atoms with van der Waals surface area (Å²) in [6.07, 6.45) is -2.29. The number of hydrogen-bond acceptors (Lipinski definition) is 7. The second-order valence-corrected chi connectivity index (χ2v) is 7.72. The molecule has 4 rings (SSSR count). The summed E-state index contributed by atoms with van der Waals surface area (Å²) in [6, 6.07) is 3.75. The van der Waals surface area contributed by atoms with Crippen molar-refractivity contribution in [2.75, 3.05) is 13.7 Å². The lowest BCUT2D eigenvalue weighted by molar-refractivity contribution is -0.207. The Morgan fingerprint density at radius 3 is 2.66 bits per heavy atom. The third-order valence-corrected chi connectivity index (χ3v) is 5.32. The van der Waals surface area contributed by atoms with Gasteiger partial charge < -0.3 is 14.6 Å². The summed E-state index contributed by atoms with van der Waals surface area (Å²) in [4.78, 5) is 12.8. The van der Waals surface area contributed by atoms with E-state index in [0.29, 0.717) is 18.2 Å². The first-order valence-corrected chi connectivity index (χ1v) is 9.92. The van der Waals surface area contributed by atoms with Gasteiger partial charge in [-0.1, -0.05) is 0 Å². The second-order valence-electron chi connectivity index (χ2n) is 7.72. The molecule has 1 aliphatic carbocycles. The van der Waals surface area contributed by atoms with Crippen molar-refractivity contribution in [1.82, 2.24) is 24.7 Å². The molecule has 170 valence electrons. The first-order chi connectivity index (χ1) is 15.2. The van der Waals surface area contributed by atoms with E-state index in [0.717, 1.165) is 12.1 Å². The van der Waals surface area contributed by atoms with E-state index in [9.17, 15) is 18.3 Å². The molecule has 1 N–H and O–H groups in total. The minimum Gasteiger partial charge on any atom is -0.495 e. The van der Waals surface area contributed by atoms with Gasteiger partial charge >= 0.3 is 6.18 Å². The molecule has 0 amide bonds. The van der Waals surface area contributed by atoms with Crippen LogP contribution >= 0.6 is 0 Å². The lowest BCUT2D eigenvalue weighted by Gasteiger charge is -2.15. The average Bonchev–Trinajstić information content (AvgIpc) is 3.44. The predicted molar refractivity (Wildman–Crippen MR) is 107 cm³/mol. The van der Waals surface area contributed by atoms with Crippen LogP contribution in [0.5, 0.6) is 11.6 Å². The fraction of sp³-hybridized carbons (Fsp3) is 0.429. The van der Waals surface area contributed by atoms with Crippen molar-refractivity contribution in [3.63, 3.8) is 0 Å². The Hall–Kier alpha value is -3.21. The lowest BCUT2D eigenvalue weighted by atomic mass is 10.1. The number of alkyl halides is 3. The maximum atomic E-state index is 13.1. The van der Waals surface area contributed by atoms with E-state index in [2.05, 4.69) is 20.1 Å². The van der Waals surface area contributed by atoms with E-state index in [4.69, 9.17) is 9.47 Å². The van der Waals surface area contributed by atoms with Crippen molar-refractivity contribution < 1.29 is 27.8 Å². The second kappa shape index (κ2) is 8.38. The van der Waals surface area contributed by atoms with Crippen LogP contribution in [0.4, 0.5) is 13.2 Å². The zero-order valence-electron chi connectivity index (χ0n) is 17.7. The van der Waals surface area contributed by atoms with Gasteiger partial charge in [0.15, 0.2) is 6.10 Å². The zero-order chi connectivity index (χ0) is 23.0. The van der Waals surface area contributed by atoms with Crippen LogP contribution in [0.2, 0.25) is 0 Å². The number of nitrogens with zero attached hydrogens (tertiary/aromatic N) is 5. The van der Waals surface area contributed by atoms with Crippen LogP contribution in [0.25, 0.3) is 11.1 Å². The summed E-state index contributed by atoms with van der Waals surface area (Å²) in [5.41, 5.74) is 0.712. The van der Waals surface area contributed by atoms with Crippen LogP contribution in [-0.2, 0) is 7.05 Å². The first-order valence-electron chi connectivity index (χ1n) is 9.92. The summed E-state index contributed by atoms with van der Waals surface area (Å²) in [6.45, 7) is 1.98. The zero-order valence-corrected chi connectivity index (χ0v) is 17.7. The van der Waals surface area contributed by atoms with E-state index in [1.165, 1.54) is 24.1 Å². The predicted octanol–water partition coefficient (Wildman–Crippen LogP) is 3.37. The van der Waals surface area contributed by atoms with Crippen molar-refractivity contribution in [1.29, 1.82) is 0 Å². The Bertz CT molecular complexity index is 1100. The molecule has 0 radical (unpaired) electrons. The van der Waals surface area contributed by atoms with Crippen LogP contribution in [0.15, 0.2) is 30.7 Å². The monoisotopic (exact) mass is 449 g/mol. The quantitative estimate of drug-likeness (QED) is 0.591. The number of pyridine rings is 1. The maximum absolute atomic E-state index is 13.1. The SMILES string of the molecule is COc1ccc(C2CC2COc2nc(C)ncc2-c2cn(C)nc2C(O)C(F)(F)F)nc1. The van der Waals surface area contributed by atoms with Crippen LogP contribution in [-0.4, -0.2) is 49.7 Å². The topological polar surface area (TPSA) is 95.2 Å². The fourth-order valence-electron chi connectivity index (χ4n) is 3.53. The summed E-state index contributed by atoms with van der Waals surface area (Å²) in [5.74, 6) is 1.67. The molecule has 0 bridgehead atoms. The van der Waals surface area contributed by atoms with Crippen molar-refractivity contribution in [2.24, 2.45) is 13.0 Å². The molecular formula is C21H22F3N5O3. The molecule has 0 aliphatic heterocycles. The molecule has 3 unspecified atom stereocenters. The number of ether oxygens (including phenoxy) is 2. The molecule has 8 nitrogen and oxygen atoms in total. The number of rotatable bonds is 7. The molecule has 0 aromatic carbocycles. The lowest BCUT2D eigenvalue weighted by Crippen LogP contribution is -2.21. The number of aliphatic hydroxyl groups is 1. The van der Waals surface area contributed by atoms with Gasteiger partial charge in [0, 0.05) is 42.5 Å². The van der Waals surface area contributed by atoms with E-state index in [-0.39, 0.29) is 28.8 Å². The van der Waals surface area contributed by atoms with Gasteiger partial charge in [-0.3, -0.25) is 9.67 Å². The number of hydrogen-bond donors (Lipinski definition) is 1. The van der Waals surface area contributed by atoms with Gasteiger partial charge in [0.2, 0.25) is 5.88 Å². The smallest absolute Gasteiger partial charge is 0.420 e. The summed E-state index contributed by atoms with van der Waals surface area (Å²) < 4.78 is 51.7. The molecule has 3 aromatic rings. The molecule has 1 fully saturated rings. The fourth-order valence-corrected chi connectivity index (χ4v) is 3.53. The number of aliphatic hydroxyl groups excluding tert-OH is 1. The van der Waals surface area contributed by atoms with Crippen LogP contribution in [0.1, 0.15) is 35.7 Å². The van der Waals surface area contributed by atoms with Crippen LogP contribution < -0.4 is 9.47 Å².